The molecule has 0 aromatic heterocycles. The van der Waals surface area contributed by atoms with Crippen LogP contribution in [-0.2, 0) is 6.42 Å². The summed E-state index contributed by atoms with van der Waals surface area (Å²) in [4.78, 5) is 0. The Morgan fingerprint density at radius 3 is 2.86 bits per heavy atom. The third kappa shape index (κ3) is 1.65. The van der Waals surface area contributed by atoms with Crippen LogP contribution >= 0.6 is 11.6 Å². The summed E-state index contributed by atoms with van der Waals surface area (Å²) in [6.45, 7) is 1.93. The quantitative estimate of drug-likeness (QED) is 0.819. The molecule has 0 bridgehead atoms. The summed E-state index contributed by atoms with van der Waals surface area (Å²) in [7, 11) is 0. The summed E-state index contributed by atoms with van der Waals surface area (Å²) in [5.41, 5.74) is 0.928. The zero-order valence-electron chi connectivity index (χ0n) is 7.79. The largest absolute Gasteiger partial charge is 0.453 e. The van der Waals surface area contributed by atoms with Gasteiger partial charge in [0.05, 0.1) is 11.1 Å². The van der Waals surface area contributed by atoms with Gasteiger partial charge >= 0.3 is 0 Å². The van der Waals surface area contributed by atoms with Gasteiger partial charge < -0.3 is 14.6 Å². The number of fused-ring (bicyclic) bond motifs is 1. The number of halogens is 1. The summed E-state index contributed by atoms with van der Waals surface area (Å²) >= 11 is 5.91. The smallest absolute Gasteiger partial charge is 0.231 e. The Kier molecular flexibility index (Phi) is 2.52. The van der Waals surface area contributed by atoms with E-state index in [0.29, 0.717) is 22.9 Å². The number of rotatable bonds is 2. The molecule has 0 saturated carbocycles. The monoisotopic (exact) mass is 214 g/mol. The van der Waals surface area contributed by atoms with Crippen LogP contribution < -0.4 is 9.47 Å². The first-order valence-corrected chi connectivity index (χ1v) is 4.81. The lowest BCUT2D eigenvalue weighted by Crippen LogP contribution is -2.05. The lowest BCUT2D eigenvalue weighted by molar-refractivity contribution is 0.170. The van der Waals surface area contributed by atoms with Gasteiger partial charge in [0.2, 0.25) is 6.79 Å². The summed E-state index contributed by atoms with van der Waals surface area (Å²) in [6, 6.07) is 3.61. The molecular formula is C10H11ClO3. The van der Waals surface area contributed by atoms with Crippen LogP contribution in [0.25, 0.3) is 0 Å². The lowest BCUT2D eigenvalue weighted by atomic mass is 10.1. The van der Waals surface area contributed by atoms with E-state index in [1.165, 1.54) is 0 Å². The van der Waals surface area contributed by atoms with Gasteiger partial charge in [-0.1, -0.05) is 17.7 Å². The predicted octanol–water partition coefficient (Wildman–Crippen LogP) is 1.99. The highest BCUT2D eigenvalue weighted by Crippen LogP contribution is 2.41. The first-order chi connectivity index (χ1) is 6.68. The van der Waals surface area contributed by atoms with Gasteiger partial charge in [-0.3, -0.25) is 0 Å². The fourth-order valence-electron chi connectivity index (χ4n) is 1.50. The van der Waals surface area contributed by atoms with Crippen molar-refractivity contribution in [3.63, 3.8) is 0 Å². The molecular weight excluding hydrogens is 204 g/mol. The molecule has 1 heterocycles. The third-order valence-corrected chi connectivity index (χ3v) is 2.37. The maximum absolute atomic E-state index is 9.28. The van der Waals surface area contributed by atoms with Gasteiger partial charge in [-0.05, 0) is 13.0 Å². The van der Waals surface area contributed by atoms with Crippen LogP contribution in [0.15, 0.2) is 12.1 Å². The van der Waals surface area contributed by atoms with Gasteiger partial charge in [-0.25, -0.2) is 0 Å². The molecule has 1 aromatic carbocycles. The van der Waals surface area contributed by atoms with E-state index >= 15 is 0 Å². The minimum atomic E-state index is -0.399. The lowest BCUT2D eigenvalue weighted by Gasteiger charge is -2.08. The molecule has 1 unspecified atom stereocenters. The van der Waals surface area contributed by atoms with E-state index in [0.717, 1.165) is 5.56 Å². The van der Waals surface area contributed by atoms with Crippen molar-refractivity contribution < 1.29 is 14.6 Å². The Hall–Kier alpha value is -0.930. The van der Waals surface area contributed by atoms with Crippen LogP contribution in [0, 0.1) is 0 Å². The Morgan fingerprint density at radius 1 is 1.43 bits per heavy atom. The number of ether oxygens (including phenoxy) is 2. The molecule has 1 aromatic rings. The van der Waals surface area contributed by atoms with E-state index in [9.17, 15) is 5.11 Å². The molecule has 1 aliphatic rings. The number of aliphatic hydroxyl groups excluding tert-OH is 1. The average molecular weight is 215 g/mol. The van der Waals surface area contributed by atoms with E-state index in [1.54, 1.807) is 13.0 Å². The van der Waals surface area contributed by atoms with Crippen molar-refractivity contribution in [3.05, 3.63) is 22.7 Å². The maximum Gasteiger partial charge on any atom is 0.231 e. The molecule has 0 aliphatic carbocycles. The molecule has 76 valence electrons. The normalized spacial score (nSPS) is 15.6. The van der Waals surface area contributed by atoms with Gasteiger partial charge in [0.25, 0.3) is 0 Å². The number of hydrogen-bond donors (Lipinski definition) is 1. The van der Waals surface area contributed by atoms with Crippen molar-refractivity contribution in [2.75, 3.05) is 6.79 Å². The fraction of sp³-hybridized carbons (Fsp3) is 0.400. The Balaban J connectivity index is 2.38. The van der Waals surface area contributed by atoms with Gasteiger partial charge in [-0.2, -0.15) is 0 Å². The number of hydrogen-bond acceptors (Lipinski definition) is 3. The van der Waals surface area contributed by atoms with Crippen molar-refractivity contribution in [1.82, 2.24) is 0 Å². The molecule has 4 heteroatoms. The van der Waals surface area contributed by atoms with E-state index < -0.39 is 6.10 Å². The van der Waals surface area contributed by atoms with Gasteiger partial charge in [0.1, 0.15) is 0 Å². The molecule has 3 nitrogen and oxygen atoms in total. The first-order valence-electron chi connectivity index (χ1n) is 4.43. The highest BCUT2D eigenvalue weighted by Gasteiger charge is 2.21. The fourth-order valence-corrected chi connectivity index (χ4v) is 1.70. The summed E-state index contributed by atoms with van der Waals surface area (Å²) in [5, 5.41) is 9.83. The van der Waals surface area contributed by atoms with Crippen molar-refractivity contribution in [3.8, 4) is 11.5 Å². The zero-order valence-corrected chi connectivity index (χ0v) is 8.54. The van der Waals surface area contributed by atoms with E-state index in [4.69, 9.17) is 21.1 Å². The molecule has 14 heavy (non-hydrogen) atoms. The molecule has 0 amide bonds. The SMILES string of the molecule is CC(O)Cc1ccc(Cl)c2c1OCO2. The van der Waals surface area contributed by atoms with Gasteiger partial charge in [0.15, 0.2) is 11.5 Å². The third-order valence-electron chi connectivity index (χ3n) is 2.07. The van der Waals surface area contributed by atoms with Gasteiger partial charge in [-0.15, -0.1) is 0 Å². The van der Waals surface area contributed by atoms with Crippen molar-refractivity contribution >= 4 is 11.6 Å². The molecule has 1 atom stereocenters. The minimum Gasteiger partial charge on any atom is -0.453 e. The number of benzene rings is 1. The zero-order chi connectivity index (χ0) is 10.1. The molecule has 0 saturated heterocycles. The van der Waals surface area contributed by atoms with Crippen molar-refractivity contribution in [2.45, 2.75) is 19.4 Å². The summed E-state index contributed by atoms with van der Waals surface area (Å²) < 4.78 is 10.5. The maximum atomic E-state index is 9.28. The molecule has 1 aliphatic heterocycles. The molecule has 0 fully saturated rings. The molecule has 0 spiro atoms. The highest BCUT2D eigenvalue weighted by atomic mass is 35.5. The second kappa shape index (κ2) is 3.67. The van der Waals surface area contributed by atoms with Crippen LogP contribution in [0.1, 0.15) is 12.5 Å². The van der Waals surface area contributed by atoms with E-state index in [2.05, 4.69) is 0 Å². The number of aliphatic hydroxyl groups is 1. The summed E-state index contributed by atoms with van der Waals surface area (Å²) in [5.74, 6) is 1.25. The van der Waals surface area contributed by atoms with Crippen LogP contribution in [0.5, 0.6) is 11.5 Å². The van der Waals surface area contributed by atoms with Crippen LogP contribution in [-0.4, -0.2) is 18.0 Å². The van der Waals surface area contributed by atoms with Crippen LogP contribution in [0.3, 0.4) is 0 Å². The second-order valence-electron chi connectivity index (χ2n) is 3.32. The van der Waals surface area contributed by atoms with Gasteiger partial charge in [0, 0.05) is 12.0 Å². The highest BCUT2D eigenvalue weighted by molar-refractivity contribution is 6.32. The Labute approximate surface area is 87.2 Å². The second-order valence-corrected chi connectivity index (χ2v) is 3.73. The van der Waals surface area contributed by atoms with Crippen LogP contribution in [0.4, 0.5) is 0 Å². The average Bonchev–Trinajstić information content (AvgIpc) is 2.58. The van der Waals surface area contributed by atoms with E-state index in [1.807, 2.05) is 6.07 Å². The first kappa shape index (κ1) is 9.62. The summed E-state index contributed by atoms with van der Waals surface area (Å²) in [6.07, 6.45) is 0.146. The van der Waals surface area contributed by atoms with Crippen molar-refractivity contribution in [1.29, 1.82) is 0 Å². The minimum absolute atomic E-state index is 0.200. The molecule has 2 rings (SSSR count). The predicted molar refractivity (Wildman–Crippen MR) is 53.0 cm³/mol. The standard InChI is InChI=1S/C10H11ClO3/c1-6(12)4-7-2-3-8(11)10-9(7)13-5-14-10/h2-3,6,12H,4-5H2,1H3. The topological polar surface area (TPSA) is 38.7 Å². The van der Waals surface area contributed by atoms with Crippen molar-refractivity contribution in [2.24, 2.45) is 0 Å². The molecule has 1 N–H and O–H groups in total. The van der Waals surface area contributed by atoms with Crippen LogP contribution in [0.2, 0.25) is 5.02 Å². The van der Waals surface area contributed by atoms with E-state index in [-0.39, 0.29) is 6.79 Å². The Bertz CT molecular complexity index is 349. The Morgan fingerprint density at radius 2 is 2.14 bits per heavy atom. The molecule has 0 radical (unpaired) electrons.